The topological polar surface area (TPSA) is 72.3 Å². The van der Waals surface area contributed by atoms with E-state index in [-0.39, 0.29) is 6.04 Å². The van der Waals surface area contributed by atoms with Crippen molar-refractivity contribution >= 4 is 23.5 Å². The monoisotopic (exact) mass is 391 g/mol. The summed E-state index contributed by atoms with van der Waals surface area (Å²) in [7, 11) is 0. The number of nitrogens with one attached hydrogen (secondary N) is 1. The molecule has 7 nitrogen and oxygen atoms in total. The Morgan fingerprint density at radius 1 is 1.26 bits per heavy atom. The van der Waals surface area contributed by atoms with Crippen LogP contribution in [0.3, 0.4) is 0 Å². The molecule has 1 aliphatic heterocycles. The summed E-state index contributed by atoms with van der Waals surface area (Å²) >= 11 is 6.26. The molecule has 0 bridgehead atoms. The van der Waals surface area contributed by atoms with Gasteiger partial charge in [-0.1, -0.05) is 11.6 Å². The summed E-state index contributed by atoms with van der Waals surface area (Å²) in [6, 6.07) is 5.81. The maximum Gasteiger partial charge on any atom is 0.407 e. The Balaban J connectivity index is 1.74. The Hall–Kier alpha value is -2.28. The number of alkyl carbamates (subject to hydrolysis) is 1. The van der Waals surface area contributed by atoms with Gasteiger partial charge in [0.2, 0.25) is 5.95 Å². The molecule has 1 N–H and O–H groups in total. The first kappa shape index (κ1) is 19.5. The standard InChI is InChI=1S/C19H26ClN5O2/c1-12-6-7-13(2)25(12)17-22-15(20)10-16(23-17)24-9-8-14(11-24)21-18(26)27-19(3,4)5/h6-7,10,14H,8-9,11H2,1-5H3,(H,21,26)/t14-/m1/s1. The predicted molar refractivity (Wildman–Crippen MR) is 106 cm³/mol. The number of anilines is 1. The minimum atomic E-state index is -0.510. The zero-order valence-electron chi connectivity index (χ0n) is 16.4. The van der Waals surface area contributed by atoms with Gasteiger partial charge < -0.3 is 15.0 Å². The number of amides is 1. The minimum Gasteiger partial charge on any atom is -0.444 e. The van der Waals surface area contributed by atoms with Crippen LogP contribution in [-0.4, -0.2) is 45.4 Å². The fraction of sp³-hybridized carbons (Fsp3) is 0.526. The number of aryl methyl sites for hydroxylation is 2. The summed E-state index contributed by atoms with van der Waals surface area (Å²) in [5.41, 5.74) is 1.59. The molecular weight excluding hydrogens is 366 g/mol. The molecule has 2 aromatic rings. The summed E-state index contributed by atoms with van der Waals surface area (Å²) in [6.07, 6.45) is 0.423. The molecule has 0 radical (unpaired) electrons. The van der Waals surface area contributed by atoms with Crippen molar-refractivity contribution < 1.29 is 9.53 Å². The van der Waals surface area contributed by atoms with Crippen LogP contribution < -0.4 is 10.2 Å². The van der Waals surface area contributed by atoms with E-state index < -0.39 is 11.7 Å². The molecule has 1 aliphatic rings. The van der Waals surface area contributed by atoms with Gasteiger partial charge in [-0.3, -0.25) is 4.57 Å². The van der Waals surface area contributed by atoms with E-state index in [1.54, 1.807) is 6.07 Å². The van der Waals surface area contributed by atoms with E-state index in [1.807, 2.05) is 51.3 Å². The molecule has 3 heterocycles. The van der Waals surface area contributed by atoms with E-state index in [1.165, 1.54) is 0 Å². The highest BCUT2D eigenvalue weighted by atomic mass is 35.5. The van der Waals surface area contributed by atoms with Gasteiger partial charge in [-0.15, -0.1) is 0 Å². The van der Waals surface area contributed by atoms with Gasteiger partial charge >= 0.3 is 6.09 Å². The molecule has 0 spiro atoms. The van der Waals surface area contributed by atoms with E-state index in [0.29, 0.717) is 17.6 Å². The minimum absolute atomic E-state index is 0.00657. The molecular formula is C19H26ClN5O2. The SMILES string of the molecule is Cc1ccc(C)n1-c1nc(Cl)cc(N2CC[C@@H](NC(=O)OC(C)(C)C)C2)n1. The molecule has 27 heavy (non-hydrogen) atoms. The zero-order chi connectivity index (χ0) is 19.8. The van der Waals surface area contributed by atoms with Crippen LogP contribution in [0.25, 0.3) is 5.95 Å². The van der Waals surface area contributed by atoms with Crippen molar-refractivity contribution in [1.82, 2.24) is 19.9 Å². The van der Waals surface area contributed by atoms with E-state index >= 15 is 0 Å². The van der Waals surface area contributed by atoms with Gasteiger partial charge in [0.15, 0.2) is 0 Å². The molecule has 0 aromatic carbocycles. The molecule has 0 aliphatic carbocycles. The van der Waals surface area contributed by atoms with Crippen LogP contribution in [0, 0.1) is 13.8 Å². The Kier molecular flexibility index (Phi) is 5.33. The predicted octanol–water partition coefficient (Wildman–Crippen LogP) is 3.64. The second-order valence-corrected chi connectivity index (χ2v) is 8.27. The second-order valence-electron chi connectivity index (χ2n) is 7.88. The molecule has 0 saturated carbocycles. The molecule has 1 atom stereocenters. The van der Waals surface area contributed by atoms with E-state index in [9.17, 15) is 4.79 Å². The summed E-state index contributed by atoms with van der Waals surface area (Å²) < 4.78 is 7.31. The van der Waals surface area contributed by atoms with Crippen LogP contribution in [0.4, 0.5) is 10.6 Å². The van der Waals surface area contributed by atoms with Crippen molar-refractivity contribution in [3.63, 3.8) is 0 Å². The van der Waals surface area contributed by atoms with Crippen molar-refractivity contribution in [3.8, 4) is 5.95 Å². The number of carbonyl (C=O) groups is 1. The maximum atomic E-state index is 12.0. The Labute approximate surface area is 164 Å². The van der Waals surface area contributed by atoms with Gasteiger partial charge in [0.1, 0.15) is 16.6 Å². The van der Waals surface area contributed by atoms with Crippen LogP contribution >= 0.6 is 11.6 Å². The number of ether oxygens (including phenoxy) is 1. The number of rotatable bonds is 3. The van der Waals surface area contributed by atoms with E-state index in [2.05, 4.69) is 15.2 Å². The van der Waals surface area contributed by atoms with Gasteiger partial charge in [0.05, 0.1) is 6.04 Å². The van der Waals surface area contributed by atoms with Crippen LogP contribution in [0.1, 0.15) is 38.6 Å². The maximum absolute atomic E-state index is 12.0. The van der Waals surface area contributed by atoms with Gasteiger partial charge in [-0.05, 0) is 53.2 Å². The lowest BCUT2D eigenvalue weighted by Gasteiger charge is -2.22. The number of carbonyl (C=O) groups excluding carboxylic acids is 1. The van der Waals surface area contributed by atoms with E-state index in [4.69, 9.17) is 21.3 Å². The van der Waals surface area contributed by atoms with Crippen molar-refractivity contribution in [2.24, 2.45) is 0 Å². The lowest BCUT2D eigenvalue weighted by molar-refractivity contribution is 0.0509. The lowest BCUT2D eigenvalue weighted by atomic mass is 10.2. The first-order valence-corrected chi connectivity index (χ1v) is 9.44. The van der Waals surface area contributed by atoms with Crippen molar-refractivity contribution in [1.29, 1.82) is 0 Å². The van der Waals surface area contributed by atoms with Crippen molar-refractivity contribution in [3.05, 3.63) is 34.7 Å². The third-order valence-corrected chi connectivity index (χ3v) is 4.57. The third-order valence-electron chi connectivity index (χ3n) is 4.37. The smallest absolute Gasteiger partial charge is 0.407 e. The zero-order valence-corrected chi connectivity index (χ0v) is 17.2. The highest BCUT2D eigenvalue weighted by Crippen LogP contribution is 2.24. The van der Waals surface area contributed by atoms with Crippen LogP contribution in [0.5, 0.6) is 0 Å². The number of hydrogen-bond donors (Lipinski definition) is 1. The highest BCUT2D eigenvalue weighted by molar-refractivity contribution is 6.29. The normalized spacial score (nSPS) is 17.3. The quantitative estimate of drug-likeness (QED) is 0.808. The number of halogens is 1. The summed E-state index contributed by atoms with van der Waals surface area (Å²) in [6.45, 7) is 11.0. The lowest BCUT2D eigenvalue weighted by Crippen LogP contribution is -2.40. The largest absolute Gasteiger partial charge is 0.444 e. The summed E-state index contributed by atoms with van der Waals surface area (Å²) in [5.74, 6) is 1.31. The average Bonchev–Trinajstić information content (AvgIpc) is 3.11. The van der Waals surface area contributed by atoms with Crippen LogP contribution in [0.2, 0.25) is 5.15 Å². The molecule has 2 aromatic heterocycles. The molecule has 1 amide bonds. The second kappa shape index (κ2) is 7.38. The molecule has 8 heteroatoms. The molecule has 0 unspecified atom stereocenters. The third kappa shape index (κ3) is 4.71. The Bertz CT molecular complexity index is 824. The molecule has 1 fully saturated rings. The first-order chi connectivity index (χ1) is 12.6. The van der Waals surface area contributed by atoms with Gasteiger partial charge in [-0.2, -0.15) is 4.98 Å². The Morgan fingerprint density at radius 3 is 2.56 bits per heavy atom. The highest BCUT2D eigenvalue weighted by Gasteiger charge is 2.27. The van der Waals surface area contributed by atoms with E-state index in [0.717, 1.165) is 30.2 Å². The van der Waals surface area contributed by atoms with Crippen molar-refractivity contribution in [2.75, 3.05) is 18.0 Å². The van der Waals surface area contributed by atoms with Crippen LogP contribution in [0.15, 0.2) is 18.2 Å². The van der Waals surface area contributed by atoms with Crippen molar-refractivity contribution in [2.45, 2.75) is 52.7 Å². The number of hydrogen-bond acceptors (Lipinski definition) is 5. The average molecular weight is 392 g/mol. The van der Waals surface area contributed by atoms with Gasteiger partial charge in [-0.25, -0.2) is 9.78 Å². The van der Waals surface area contributed by atoms with Gasteiger partial charge in [0.25, 0.3) is 0 Å². The summed E-state index contributed by atoms with van der Waals surface area (Å²) in [4.78, 5) is 23.2. The van der Waals surface area contributed by atoms with Gasteiger partial charge in [0, 0.05) is 30.5 Å². The first-order valence-electron chi connectivity index (χ1n) is 9.07. The fourth-order valence-corrected chi connectivity index (χ4v) is 3.37. The summed E-state index contributed by atoms with van der Waals surface area (Å²) in [5, 5.41) is 3.32. The van der Waals surface area contributed by atoms with Crippen LogP contribution in [-0.2, 0) is 4.74 Å². The molecule has 3 rings (SSSR count). The molecule has 146 valence electrons. The molecule has 1 saturated heterocycles. The Morgan fingerprint density at radius 2 is 1.93 bits per heavy atom. The number of aromatic nitrogens is 3. The fourth-order valence-electron chi connectivity index (χ4n) is 3.20. The number of nitrogens with zero attached hydrogens (tertiary/aromatic N) is 4.